The third-order valence-corrected chi connectivity index (χ3v) is 7.29. The summed E-state index contributed by atoms with van der Waals surface area (Å²) in [5, 5.41) is 0. The van der Waals surface area contributed by atoms with Crippen LogP contribution in [0.25, 0.3) is 0 Å². The second-order valence-electron chi connectivity index (χ2n) is 4.85. The van der Waals surface area contributed by atoms with E-state index >= 15 is 0 Å². The predicted octanol–water partition coefficient (Wildman–Crippen LogP) is 4.72. The van der Waals surface area contributed by atoms with Crippen molar-refractivity contribution < 1.29 is 4.74 Å². The molecule has 0 bridgehead atoms. The zero-order chi connectivity index (χ0) is 15.0. The molecule has 0 radical (unpaired) electrons. The summed E-state index contributed by atoms with van der Waals surface area (Å²) < 4.78 is 9.01. The minimum absolute atomic E-state index is 0.0557. The maximum Gasteiger partial charge on any atom is 0.125 e. The molecule has 3 rings (SSSR count). The van der Waals surface area contributed by atoms with Gasteiger partial charge in [-0.25, -0.2) is 0 Å². The van der Waals surface area contributed by atoms with E-state index in [9.17, 15) is 0 Å². The number of halogens is 3. The summed E-state index contributed by atoms with van der Waals surface area (Å²) in [4.78, 5) is 1.18. The van der Waals surface area contributed by atoms with Crippen LogP contribution in [0, 0.1) is 0 Å². The summed E-state index contributed by atoms with van der Waals surface area (Å²) in [6.45, 7) is 0.760. The Labute approximate surface area is 152 Å². The van der Waals surface area contributed by atoms with Gasteiger partial charge >= 0.3 is 0 Å². The van der Waals surface area contributed by atoms with E-state index in [4.69, 9.17) is 10.6 Å². The SMILES string of the molecule is NNC(Cc1cc(Br)cc2c1OCC2)c1cc(Br)c(Br)s1. The van der Waals surface area contributed by atoms with Gasteiger partial charge in [0.05, 0.1) is 16.4 Å². The maximum absolute atomic E-state index is 5.79. The Bertz CT molecular complexity index is 655. The lowest BCUT2D eigenvalue weighted by atomic mass is 10.0. The molecule has 2 heterocycles. The molecule has 1 aromatic heterocycles. The van der Waals surface area contributed by atoms with Crippen LogP contribution in [0.3, 0.4) is 0 Å². The molecule has 1 aliphatic heterocycles. The molecule has 21 heavy (non-hydrogen) atoms. The van der Waals surface area contributed by atoms with E-state index in [1.807, 2.05) is 0 Å². The molecule has 0 saturated heterocycles. The maximum atomic E-state index is 5.79. The molecule has 0 saturated carbocycles. The van der Waals surface area contributed by atoms with Gasteiger partial charge in [-0.15, -0.1) is 11.3 Å². The van der Waals surface area contributed by atoms with Gasteiger partial charge < -0.3 is 4.74 Å². The molecule has 1 atom stereocenters. The van der Waals surface area contributed by atoms with Gasteiger partial charge in [-0.3, -0.25) is 11.3 Å². The van der Waals surface area contributed by atoms with Crippen LogP contribution in [0.4, 0.5) is 0 Å². The molecule has 3 N–H and O–H groups in total. The third-order valence-electron chi connectivity index (χ3n) is 3.46. The second-order valence-corrected chi connectivity index (χ2v) is 9.02. The number of rotatable bonds is 4. The molecule has 112 valence electrons. The van der Waals surface area contributed by atoms with Crippen LogP contribution in [0.5, 0.6) is 5.75 Å². The zero-order valence-electron chi connectivity index (χ0n) is 11.0. The lowest BCUT2D eigenvalue weighted by molar-refractivity contribution is 0.351. The Kier molecular flexibility index (Phi) is 5.08. The van der Waals surface area contributed by atoms with Crippen molar-refractivity contribution in [1.29, 1.82) is 0 Å². The van der Waals surface area contributed by atoms with Gasteiger partial charge in [-0.1, -0.05) is 15.9 Å². The first-order chi connectivity index (χ1) is 10.1. The summed E-state index contributed by atoms with van der Waals surface area (Å²) in [5.41, 5.74) is 5.36. The zero-order valence-corrected chi connectivity index (χ0v) is 16.5. The van der Waals surface area contributed by atoms with E-state index in [1.54, 1.807) is 11.3 Å². The van der Waals surface area contributed by atoms with E-state index in [-0.39, 0.29) is 6.04 Å². The minimum Gasteiger partial charge on any atom is -0.493 e. The molecule has 7 heteroatoms. The van der Waals surface area contributed by atoms with Crippen molar-refractivity contribution in [2.24, 2.45) is 5.84 Å². The normalized spacial score (nSPS) is 14.9. The van der Waals surface area contributed by atoms with Gasteiger partial charge in [0.15, 0.2) is 0 Å². The number of ether oxygens (including phenoxy) is 1. The van der Waals surface area contributed by atoms with Crippen LogP contribution < -0.4 is 16.0 Å². The third kappa shape index (κ3) is 3.38. The van der Waals surface area contributed by atoms with Gasteiger partial charge in [0.1, 0.15) is 5.75 Å². The number of benzene rings is 1. The van der Waals surface area contributed by atoms with Gasteiger partial charge in [-0.2, -0.15) is 0 Å². The quantitative estimate of drug-likeness (QED) is 0.475. The standard InChI is InChI=1S/C14H13Br3N2OS/c15-9-3-7-1-2-20-13(7)8(4-9)5-11(19-18)12-6-10(16)14(17)21-12/h3-4,6,11,19H,1-2,5,18H2. The van der Waals surface area contributed by atoms with Crippen LogP contribution in [-0.2, 0) is 12.8 Å². The van der Waals surface area contributed by atoms with Crippen molar-refractivity contribution in [1.82, 2.24) is 5.43 Å². The molecular formula is C14H13Br3N2OS. The molecule has 1 aliphatic rings. The fourth-order valence-electron chi connectivity index (χ4n) is 2.49. The van der Waals surface area contributed by atoms with Gasteiger partial charge in [0.25, 0.3) is 0 Å². The van der Waals surface area contributed by atoms with Crippen molar-refractivity contribution in [3.8, 4) is 5.75 Å². The van der Waals surface area contributed by atoms with Crippen LogP contribution in [-0.4, -0.2) is 6.61 Å². The molecule has 1 unspecified atom stereocenters. The minimum atomic E-state index is 0.0557. The van der Waals surface area contributed by atoms with Crippen LogP contribution in [0.2, 0.25) is 0 Å². The van der Waals surface area contributed by atoms with Crippen LogP contribution in [0.15, 0.2) is 30.9 Å². The smallest absolute Gasteiger partial charge is 0.125 e. The lowest BCUT2D eigenvalue weighted by Gasteiger charge is -2.16. The Balaban J connectivity index is 1.91. The first-order valence-electron chi connectivity index (χ1n) is 6.43. The molecule has 3 nitrogen and oxygen atoms in total. The lowest BCUT2D eigenvalue weighted by Crippen LogP contribution is -2.29. The van der Waals surface area contributed by atoms with Crippen LogP contribution >= 0.6 is 59.1 Å². The summed E-state index contributed by atoms with van der Waals surface area (Å²) in [6.07, 6.45) is 1.76. The number of nitrogens with one attached hydrogen (secondary N) is 1. The van der Waals surface area contributed by atoms with Crippen molar-refractivity contribution in [3.63, 3.8) is 0 Å². The highest BCUT2D eigenvalue weighted by Gasteiger charge is 2.22. The molecule has 0 fully saturated rings. The first kappa shape index (κ1) is 16.0. The molecule has 2 aromatic rings. The Morgan fingerprint density at radius 3 is 2.76 bits per heavy atom. The number of fused-ring (bicyclic) bond motifs is 1. The summed E-state index contributed by atoms with van der Waals surface area (Å²) in [6, 6.07) is 6.40. The monoisotopic (exact) mass is 494 g/mol. The second kappa shape index (κ2) is 6.68. The number of thiophene rings is 1. The highest BCUT2D eigenvalue weighted by molar-refractivity contribution is 9.13. The Morgan fingerprint density at radius 1 is 1.29 bits per heavy atom. The van der Waals surface area contributed by atoms with E-state index < -0.39 is 0 Å². The van der Waals surface area contributed by atoms with Crippen LogP contribution in [0.1, 0.15) is 22.0 Å². The van der Waals surface area contributed by atoms with Crippen molar-refractivity contribution >= 4 is 59.1 Å². The molecule has 1 aromatic carbocycles. The van der Waals surface area contributed by atoms with Gasteiger partial charge in [0.2, 0.25) is 0 Å². The number of hydrazine groups is 1. The van der Waals surface area contributed by atoms with E-state index in [0.29, 0.717) is 0 Å². The van der Waals surface area contributed by atoms with E-state index in [2.05, 4.69) is 71.4 Å². The molecule has 0 amide bonds. The molecule has 0 spiro atoms. The van der Waals surface area contributed by atoms with E-state index in [1.165, 1.54) is 16.0 Å². The Morgan fingerprint density at radius 2 is 2.10 bits per heavy atom. The molecular weight excluding hydrogens is 484 g/mol. The Hall–Kier alpha value is 0.0800. The predicted molar refractivity (Wildman–Crippen MR) is 96.8 cm³/mol. The van der Waals surface area contributed by atoms with Gasteiger partial charge in [-0.05, 0) is 67.6 Å². The topological polar surface area (TPSA) is 47.3 Å². The molecule has 0 aliphatic carbocycles. The highest BCUT2D eigenvalue weighted by atomic mass is 79.9. The summed E-state index contributed by atoms with van der Waals surface area (Å²) in [7, 11) is 0. The summed E-state index contributed by atoms with van der Waals surface area (Å²) in [5.74, 6) is 6.79. The average molecular weight is 497 g/mol. The largest absolute Gasteiger partial charge is 0.493 e. The van der Waals surface area contributed by atoms with E-state index in [0.717, 1.165) is 37.9 Å². The van der Waals surface area contributed by atoms with Crippen molar-refractivity contribution in [3.05, 3.63) is 46.9 Å². The van der Waals surface area contributed by atoms with Crippen molar-refractivity contribution in [2.45, 2.75) is 18.9 Å². The number of hydrogen-bond acceptors (Lipinski definition) is 4. The van der Waals surface area contributed by atoms with Gasteiger partial charge in [0, 0.05) is 20.2 Å². The summed E-state index contributed by atoms with van der Waals surface area (Å²) >= 11 is 12.3. The van der Waals surface area contributed by atoms with Crippen molar-refractivity contribution in [2.75, 3.05) is 6.61 Å². The number of nitrogens with two attached hydrogens (primary N) is 1. The average Bonchev–Trinajstić information content (AvgIpc) is 3.03. The highest BCUT2D eigenvalue weighted by Crippen LogP contribution is 2.39. The fraction of sp³-hybridized carbons (Fsp3) is 0.286. The first-order valence-corrected chi connectivity index (χ1v) is 9.63. The number of hydrogen-bond donors (Lipinski definition) is 2. The fourth-order valence-corrected chi connectivity index (χ4v) is 5.20.